The fraction of sp³-hybridized carbons (Fsp3) is 0.200. The number of hydrogen-bond acceptors (Lipinski definition) is 7. The topological polar surface area (TPSA) is 106 Å². The molecule has 1 aromatic heterocycles. The maximum absolute atomic E-state index is 11.9. The number of nitrogens with one attached hydrogen (secondary N) is 2. The zero-order chi connectivity index (χ0) is 20.6. The van der Waals surface area contributed by atoms with E-state index >= 15 is 0 Å². The van der Waals surface area contributed by atoms with E-state index in [-0.39, 0.29) is 17.6 Å². The van der Waals surface area contributed by atoms with Gasteiger partial charge in [-0.1, -0.05) is 36.0 Å². The number of hydrazine groups is 1. The second-order valence-electron chi connectivity index (χ2n) is 6.23. The maximum atomic E-state index is 11.9. The summed E-state index contributed by atoms with van der Waals surface area (Å²) in [7, 11) is 0. The molecule has 3 rings (SSSR count). The van der Waals surface area contributed by atoms with Crippen LogP contribution in [-0.4, -0.2) is 27.8 Å². The van der Waals surface area contributed by atoms with Gasteiger partial charge in [0.1, 0.15) is 5.75 Å². The Bertz CT molecular complexity index is 971. The van der Waals surface area contributed by atoms with E-state index in [9.17, 15) is 9.59 Å². The van der Waals surface area contributed by atoms with Crippen molar-refractivity contribution in [2.45, 2.75) is 25.7 Å². The molecule has 0 aliphatic heterocycles. The first-order valence-corrected chi connectivity index (χ1v) is 9.78. The molecule has 0 atom stereocenters. The predicted octanol–water partition coefficient (Wildman–Crippen LogP) is 2.82. The number of benzene rings is 2. The fourth-order valence-corrected chi connectivity index (χ4v) is 3.05. The first-order valence-electron chi connectivity index (χ1n) is 8.80. The second-order valence-corrected chi connectivity index (χ2v) is 7.16. The Morgan fingerprint density at radius 2 is 1.76 bits per heavy atom. The third-order valence-corrected chi connectivity index (χ3v) is 4.50. The third-order valence-electron chi connectivity index (χ3n) is 3.68. The Hall–Kier alpha value is -3.33. The van der Waals surface area contributed by atoms with Gasteiger partial charge in [-0.15, -0.1) is 10.2 Å². The van der Waals surface area contributed by atoms with Gasteiger partial charge < -0.3 is 9.15 Å². The Labute approximate surface area is 172 Å². The van der Waals surface area contributed by atoms with E-state index in [1.165, 1.54) is 0 Å². The molecule has 0 fully saturated rings. The van der Waals surface area contributed by atoms with E-state index in [0.717, 1.165) is 28.6 Å². The molecule has 1 heterocycles. The monoisotopic (exact) mass is 412 g/mol. The zero-order valence-electron chi connectivity index (χ0n) is 16.0. The number of nitrogens with zero attached hydrogens (tertiary/aromatic N) is 2. The van der Waals surface area contributed by atoms with E-state index < -0.39 is 11.8 Å². The van der Waals surface area contributed by atoms with Crippen LogP contribution in [0.25, 0.3) is 0 Å². The van der Waals surface area contributed by atoms with Crippen LogP contribution in [0.3, 0.4) is 0 Å². The number of thioether (sulfide) groups is 1. The molecule has 3 aromatic rings. The number of ether oxygens (including phenoxy) is 1. The van der Waals surface area contributed by atoms with Crippen LogP contribution in [0, 0.1) is 13.8 Å². The summed E-state index contributed by atoms with van der Waals surface area (Å²) in [5, 5.41) is 8.03. The highest BCUT2D eigenvalue weighted by molar-refractivity contribution is 7.99. The Morgan fingerprint density at radius 3 is 2.48 bits per heavy atom. The van der Waals surface area contributed by atoms with Crippen molar-refractivity contribution in [3.8, 4) is 5.75 Å². The summed E-state index contributed by atoms with van der Waals surface area (Å²) in [6.45, 7) is 4.12. The average molecular weight is 412 g/mol. The molecule has 29 heavy (non-hydrogen) atoms. The van der Waals surface area contributed by atoms with Crippen molar-refractivity contribution < 1.29 is 18.7 Å². The van der Waals surface area contributed by atoms with E-state index in [2.05, 4.69) is 27.1 Å². The smallest absolute Gasteiger partial charge is 0.277 e. The predicted molar refractivity (Wildman–Crippen MR) is 107 cm³/mol. The summed E-state index contributed by atoms with van der Waals surface area (Å²) in [6.07, 6.45) is 0. The molecule has 0 aliphatic rings. The van der Waals surface area contributed by atoms with Gasteiger partial charge in [-0.3, -0.25) is 20.4 Å². The van der Waals surface area contributed by atoms with Crippen LogP contribution in [0.1, 0.15) is 27.4 Å². The number of amides is 2. The molecule has 0 spiro atoms. The fourth-order valence-electron chi connectivity index (χ4n) is 2.47. The normalized spacial score (nSPS) is 10.4. The Morgan fingerprint density at radius 1 is 1.03 bits per heavy atom. The maximum Gasteiger partial charge on any atom is 0.277 e. The Kier molecular flexibility index (Phi) is 6.85. The quantitative estimate of drug-likeness (QED) is 0.454. The molecule has 2 amide bonds. The van der Waals surface area contributed by atoms with Crippen LogP contribution < -0.4 is 15.6 Å². The van der Waals surface area contributed by atoms with Crippen molar-refractivity contribution in [1.82, 2.24) is 21.0 Å². The zero-order valence-corrected chi connectivity index (χ0v) is 16.8. The number of carbonyl (C=O) groups is 2. The summed E-state index contributed by atoms with van der Waals surface area (Å²) >= 11 is 1.06. The van der Waals surface area contributed by atoms with Gasteiger partial charge in [-0.25, -0.2) is 0 Å². The summed E-state index contributed by atoms with van der Waals surface area (Å²) < 4.78 is 11.1. The second kappa shape index (κ2) is 9.74. The minimum absolute atomic E-state index is 0.00857. The highest BCUT2D eigenvalue weighted by Crippen LogP contribution is 2.19. The van der Waals surface area contributed by atoms with Crippen molar-refractivity contribution in [1.29, 1.82) is 0 Å². The number of aromatic nitrogens is 2. The highest BCUT2D eigenvalue weighted by Gasteiger charge is 2.12. The first-order chi connectivity index (χ1) is 14.0. The molecule has 2 N–H and O–H groups in total. The number of hydrogen-bond donors (Lipinski definition) is 2. The SMILES string of the molecule is Cc1cc(C)cc(OCc2nnc(SCC(=O)NNC(=O)c3ccccc3)o2)c1. The largest absolute Gasteiger partial charge is 0.484 e. The number of carbonyl (C=O) groups excluding carboxylic acids is 2. The van der Waals surface area contributed by atoms with Gasteiger partial charge in [0.15, 0.2) is 6.61 Å². The molecule has 0 aliphatic carbocycles. The van der Waals surface area contributed by atoms with Gasteiger partial charge in [0, 0.05) is 5.56 Å². The lowest BCUT2D eigenvalue weighted by Crippen LogP contribution is -2.42. The van der Waals surface area contributed by atoms with Gasteiger partial charge in [-0.05, 0) is 49.2 Å². The molecule has 0 unspecified atom stereocenters. The van der Waals surface area contributed by atoms with Crippen molar-refractivity contribution in [2.24, 2.45) is 0 Å². The average Bonchev–Trinajstić information content (AvgIpc) is 3.17. The molecule has 0 radical (unpaired) electrons. The lowest BCUT2D eigenvalue weighted by molar-refractivity contribution is -0.119. The van der Waals surface area contributed by atoms with Gasteiger partial charge in [-0.2, -0.15) is 0 Å². The van der Waals surface area contributed by atoms with Gasteiger partial charge in [0.05, 0.1) is 5.75 Å². The molecule has 0 saturated carbocycles. The van der Waals surface area contributed by atoms with Crippen molar-refractivity contribution >= 4 is 23.6 Å². The summed E-state index contributed by atoms with van der Waals surface area (Å²) in [6, 6.07) is 14.5. The highest BCUT2D eigenvalue weighted by atomic mass is 32.2. The van der Waals surface area contributed by atoms with Crippen LogP contribution in [0.15, 0.2) is 58.2 Å². The summed E-state index contributed by atoms with van der Waals surface area (Å²) in [5.74, 6) is 0.250. The first kappa shape index (κ1) is 20.4. The van der Waals surface area contributed by atoms with Crippen LogP contribution in [0.4, 0.5) is 0 Å². The molecule has 2 aromatic carbocycles. The van der Waals surface area contributed by atoms with Gasteiger partial charge in [0.25, 0.3) is 17.0 Å². The standard InChI is InChI=1S/C20H20N4O4S/c1-13-8-14(2)10-16(9-13)27-11-18-22-24-20(28-18)29-12-17(25)21-23-19(26)15-6-4-3-5-7-15/h3-10H,11-12H2,1-2H3,(H,21,25)(H,23,26). The summed E-state index contributed by atoms with van der Waals surface area (Å²) in [4.78, 5) is 23.7. The summed E-state index contributed by atoms with van der Waals surface area (Å²) in [5.41, 5.74) is 7.35. The molecule has 0 bridgehead atoms. The number of rotatable bonds is 7. The molecular formula is C20H20N4O4S. The molecule has 150 valence electrons. The Balaban J connectivity index is 1.41. The van der Waals surface area contributed by atoms with Crippen LogP contribution in [0.2, 0.25) is 0 Å². The number of aryl methyl sites for hydroxylation is 2. The molecular weight excluding hydrogens is 392 g/mol. The molecule has 0 saturated heterocycles. The lowest BCUT2D eigenvalue weighted by atomic mass is 10.1. The van der Waals surface area contributed by atoms with Crippen LogP contribution in [0.5, 0.6) is 5.75 Å². The molecule has 9 heteroatoms. The minimum Gasteiger partial charge on any atom is -0.484 e. The van der Waals surface area contributed by atoms with E-state index in [1.54, 1.807) is 30.3 Å². The van der Waals surface area contributed by atoms with Gasteiger partial charge in [0.2, 0.25) is 5.91 Å². The lowest BCUT2D eigenvalue weighted by Gasteiger charge is -2.06. The van der Waals surface area contributed by atoms with Crippen molar-refractivity contribution in [2.75, 3.05) is 5.75 Å². The van der Waals surface area contributed by atoms with Crippen molar-refractivity contribution in [3.05, 3.63) is 71.1 Å². The molecule has 8 nitrogen and oxygen atoms in total. The van der Waals surface area contributed by atoms with Crippen LogP contribution >= 0.6 is 11.8 Å². The van der Waals surface area contributed by atoms with Crippen LogP contribution in [-0.2, 0) is 11.4 Å². The van der Waals surface area contributed by atoms with E-state index in [1.807, 2.05) is 26.0 Å². The van der Waals surface area contributed by atoms with Crippen molar-refractivity contribution in [3.63, 3.8) is 0 Å². The van der Waals surface area contributed by atoms with E-state index in [0.29, 0.717) is 11.5 Å². The van der Waals surface area contributed by atoms with E-state index in [4.69, 9.17) is 9.15 Å². The van der Waals surface area contributed by atoms with Gasteiger partial charge >= 0.3 is 0 Å². The minimum atomic E-state index is -0.398. The third kappa shape index (κ3) is 6.35.